The normalized spacial score (nSPS) is 30.9. The van der Waals surface area contributed by atoms with E-state index in [1.54, 1.807) is 0 Å². The zero-order valence-electron chi connectivity index (χ0n) is 14.6. The number of Topliss-reactive ketones (excluding diaryl/α,β-unsaturated/α-hetero) is 1. The van der Waals surface area contributed by atoms with Gasteiger partial charge in [-0.15, -0.1) is 0 Å². The summed E-state index contributed by atoms with van der Waals surface area (Å²) in [5.74, 6) is 1.03. The van der Waals surface area contributed by atoms with E-state index in [2.05, 4.69) is 65.0 Å². The summed E-state index contributed by atoms with van der Waals surface area (Å²) in [5, 5.41) is 0. The summed E-state index contributed by atoms with van der Waals surface area (Å²) in [6.45, 7) is 11.4. The Morgan fingerprint density at radius 3 is 2.27 bits per heavy atom. The molecule has 0 amide bonds. The minimum atomic E-state index is -0.258. The summed E-state index contributed by atoms with van der Waals surface area (Å²) in [6.07, 6.45) is 5.29. The molecule has 2 saturated carbocycles. The van der Waals surface area contributed by atoms with Gasteiger partial charge in [0.25, 0.3) is 0 Å². The molecule has 0 aliphatic heterocycles. The van der Waals surface area contributed by atoms with E-state index < -0.39 is 0 Å². The van der Waals surface area contributed by atoms with Crippen molar-refractivity contribution in [1.29, 1.82) is 0 Å². The molecule has 118 valence electrons. The van der Waals surface area contributed by atoms with Crippen molar-refractivity contribution in [3.63, 3.8) is 0 Å². The maximum atomic E-state index is 13.0. The highest BCUT2D eigenvalue weighted by Gasteiger charge is 2.66. The van der Waals surface area contributed by atoms with Crippen molar-refractivity contribution in [3.05, 3.63) is 41.5 Å². The molecular formula is C21H28O. The predicted octanol–water partition coefficient (Wildman–Crippen LogP) is 5.51. The molecule has 0 aromatic heterocycles. The zero-order chi connectivity index (χ0) is 16.2. The van der Waals surface area contributed by atoms with Crippen LogP contribution in [0.25, 0.3) is 6.08 Å². The lowest BCUT2D eigenvalue weighted by molar-refractivity contribution is -0.127. The van der Waals surface area contributed by atoms with Crippen LogP contribution in [0.5, 0.6) is 0 Å². The fraction of sp³-hybridized carbons (Fsp3) is 0.571. The lowest BCUT2D eigenvalue weighted by Gasteiger charge is -2.44. The summed E-state index contributed by atoms with van der Waals surface area (Å²) in [7, 11) is 0. The van der Waals surface area contributed by atoms with Crippen LogP contribution in [0.3, 0.4) is 0 Å². The van der Waals surface area contributed by atoms with Crippen LogP contribution in [0.2, 0.25) is 0 Å². The molecule has 2 aliphatic carbocycles. The Hall–Kier alpha value is -1.37. The van der Waals surface area contributed by atoms with Gasteiger partial charge in [0.15, 0.2) is 0 Å². The number of allylic oxidation sites excluding steroid dienone is 1. The molecule has 2 aliphatic rings. The fourth-order valence-corrected chi connectivity index (χ4v) is 5.00. The van der Waals surface area contributed by atoms with Gasteiger partial charge in [-0.2, -0.15) is 0 Å². The van der Waals surface area contributed by atoms with Gasteiger partial charge in [-0.1, -0.05) is 76.6 Å². The molecule has 0 heterocycles. The van der Waals surface area contributed by atoms with Gasteiger partial charge in [0.2, 0.25) is 0 Å². The first-order valence-electron chi connectivity index (χ1n) is 8.50. The van der Waals surface area contributed by atoms with Crippen LogP contribution in [0, 0.1) is 22.2 Å². The number of carbonyl (C=O) groups is 1. The topological polar surface area (TPSA) is 17.1 Å². The Balaban J connectivity index is 2.19. The van der Waals surface area contributed by atoms with E-state index in [4.69, 9.17) is 0 Å². The number of ketones is 1. The number of hydrogen-bond donors (Lipinski definition) is 0. The van der Waals surface area contributed by atoms with Gasteiger partial charge in [-0.05, 0) is 35.2 Å². The minimum absolute atomic E-state index is 0.00199. The molecule has 2 atom stereocenters. The van der Waals surface area contributed by atoms with E-state index >= 15 is 0 Å². The highest BCUT2D eigenvalue weighted by Crippen LogP contribution is 2.69. The first-order chi connectivity index (χ1) is 10.2. The molecule has 0 spiro atoms. The minimum Gasteiger partial charge on any atom is -0.299 e. The molecule has 0 saturated heterocycles. The van der Waals surface area contributed by atoms with Crippen LogP contribution in [-0.4, -0.2) is 5.78 Å². The fourth-order valence-electron chi connectivity index (χ4n) is 5.00. The summed E-state index contributed by atoms with van der Waals surface area (Å²) < 4.78 is 0. The summed E-state index contributed by atoms with van der Waals surface area (Å²) in [4.78, 5) is 13.0. The van der Waals surface area contributed by atoms with Crippen molar-refractivity contribution in [2.75, 3.05) is 0 Å². The van der Waals surface area contributed by atoms with Crippen molar-refractivity contribution in [2.24, 2.45) is 22.2 Å². The van der Waals surface area contributed by atoms with Crippen molar-refractivity contribution >= 4 is 11.9 Å². The molecule has 1 aromatic rings. The van der Waals surface area contributed by atoms with Gasteiger partial charge in [0.1, 0.15) is 5.78 Å². The Bertz CT molecular complexity index is 615. The average Bonchev–Trinajstić information content (AvgIpc) is 2.79. The van der Waals surface area contributed by atoms with Gasteiger partial charge >= 0.3 is 0 Å². The molecule has 2 unspecified atom stereocenters. The highest BCUT2D eigenvalue weighted by atomic mass is 16.1. The second-order valence-electron chi connectivity index (χ2n) is 8.71. The van der Waals surface area contributed by atoms with E-state index in [-0.39, 0.29) is 16.2 Å². The Kier molecular flexibility index (Phi) is 3.39. The molecule has 0 radical (unpaired) electrons. The number of fused-ring (bicyclic) bond motifs is 2. The Labute approximate surface area is 134 Å². The third-order valence-corrected chi connectivity index (χ3v) is 6.27. The van der Waals surface area contributed by atoms with Gasteiger partial charge in [0.05, 0.1) is 5.41 Å². The van der Waals surface area contributed by atoms with E-state index in [1.165, 1.54) is 17.6 Å². The maximum Gasteiger partial charge on any atom is 0.143 e. The largest absolute Gasteiger partial charge is 0.299 e. The third-order valence-electron chi connectivity index (χ3n) is 6.27. The predicted molar refractivity (Wildman–Crippen MR) is 92.4 cm³/mol. The van der Waals surface area contributed by atoms with E-state index in [9.17, 15) is 4.79 Å². The highest BCUT2D eigenvalue weighted by molar-refractivity contribution is 5.94. The van der Waals surface area contributed by atoms with Crippen LogP contribution in [0.15, 0.2) is 35.9 Å². The maximum absolute atomic E-state index is 13.0. The Morgan fingerprint density at radius 2 is 1.82 bits per heavy atom. The van der Waals surface area contributed by atoms with Gasteiger partial charge in [-0.3, -0.25) is 4.79 Å². The van der Waals surface area contributed by atoms with Crippen molar-refractivity contribution in [3.8, 4) is 0 Å². The zero-order valence-corrected chi connectivity index (χ0v) is 14.6. The molecule has 3 rings (SSSR count). The van der Waals surface area contributed by atoms with Crippen LogP contribution in [0.4, 0.5) is 0 Å². The standard InChI is InChI=1S/C21H28O/c1-19(2,3)17(13-15-9-7-6-8-10-15)21-12-11-16(14-18(21)22)20(21,4)5/h6-10,13,16H,11-12,14H2,1-5H3. The number of benzene rings is 1. The average molecular weight is 296 g/mol. The molecule has 1 aromatic carbocycles. The molecule has 2 fully saturated rings. The molecular weight excluding hydrogens is 268 g/mol. The molecule has 1 nitrogen and oxygen atoms in total. The van der Waals surface area contributed by atoms with Crippen LogP contribution >= 0.6 is 0 Å². The molecule has 22 heavy (non-hydrogen) atoms. The van der Waals surface area contributed by atoms with Gasteiger partial charge in [0, 0.05) is 6.42 Å². The number of hydrogen-bond acceptors (Lipinski definition) is 1. The second kappa shape index (κ2) is 4.81. The summed E-state index contributed by atoms with van der Waals surface area (Å²) >= 11 is 0. The Morgan fingerprint density at radius 1 is 1.18 bits per heavy atom. The quantitative estimate of drug-likeness (QED) is 0.703. The lowest BCUT2D eigenvalue weighted by Crippen LogP contribution is -2.41. The van der Waals surface area contributed by atoms with Crippen molar-refractivity contribution in [1.82, 2.24) is 0 Å². The van der Waals surface area contributed by atoms with Crippen molar-refractivity contribution < 1.29 is 4.79 Å². The monoisotopic (exact) mass is 296 g/mol. The summed E-state index contributed by atoms with van der Waals surface area (Å²) in [6, 6.07) is 10.5. The lowest BCUT2D eigenvalue weighted by atomic mass is 9.58. The SMILES string of the molecule is CC(C)(C)C(=Cc1ccccc1)C12CCC(CC1=O)C2(C)C. The second-order valence-corrected chi connectivity index (χ2v) is 8.71. The van der Waals surface area contributed by atoms with Gasteiger partial charge in [-0.25, -0.2) is 0 Å². The van der Waals surface area contributed by atoms with Crippen molar-refractivity contribution in [2.45, 2.75) is 53.9 Å². The number of carbonyl (C=O) groups excluding carboxylic acids is 1. The molecule has 2 bridgehead atoms. The molecule has 0 N–H and O–H groups in total. The van der Waals surface area contributed by atoms with Crippen LogP contribution in [0.1, 0.15) is 59.4 Å². The first kappa shape index (κ1) is 15.5. The van der Waals surface area contributed by atoms with E-state index in [0.717, 1.165) is 12.8 Å². The number of rotatable bonds is 2. The van der Waals surface area contributed by atoms with E-state index in [0.29, 0.717) is 11.7 Å². The van der Waals surface area contributed by atoms with Crippen LogP contribution in [-0.2, 0) is 4.79 Å². The third kappa shape index (κ3) is 2.01. The van der Waals surface area contributed by atoms with Gasteiger partial charge < -0.3 is 0 Å². The molecule has 1 heteroatoms. The van der Waals surface area contributed by atoms with E-state index in [1.807, 2.05) is 6.07 Å². The summed E-state index contributed by atoms with van der Waals surface area (Å²) in [5.41, 5.74) is 2.37. The van der Waals surface area contributed by atoms with Crippen LogP contribution < -0.4 is 0 Å². The smallest absolute Gasteiger partial charge is 0.143 e. The first-order valence-corrected chi connectivity index (χ1v) is 8.50.